The molecule has 7 nitrogen and oxygen atoms in total. The summed E-state index contributed by atoms with van der Waals surface area (Å²) in [5.74, 6) is -1.17. The number of allylic oxidation sites excluding steroid dienone is 1. The van der Waals surface area contributed by atoms with Crippen LogP contribution in [0.25, 0.3) is 0 Å². The standard InChI is InChI=1S/C30H44O7/c1-11-27(7)13-12-19-28(8)20(15-21(31)30(19,10)37-27)26(5,6)22(35-25(33)29(9)18(4)36-29)16-23(28)34-24(32)14-17(2)3/h11,14,18-20,22-23H,1,12-13,15-16H2,2-10H3/t18-,19+,20-,22+,23-,27-,28+,29+,30-/m1/s1. The van der Waals surface area contributed by atoms with Gasteiger partial charge in [0, 0.05) is 35.7 Å². The van der Waals surface area contributed by atoms with Gasteiger partial charge in [0.25, 0.3) is 0 Å². The van der Waals surface area contributed by atoms with Crippen LogP contribution in [0, 0.1) is 22.7 Å². The molecule has 0 N–H and O–H groups in total. The van der Waals surface area contributed by atoms with Crippen molar-refractivity contribution in [1.29, 1.82) is 0 Å². The Labute approximate surface area is 221 Å². The molecule has 0 aromatic heterocycles. The van der Waals surface area contributed by atoms with Crippen LogP contribution >= 0.6 is 0 Å². The molecule has 37 heavy (non-hydrogen) atoms. The van der Waals surface area contributed by atoms with E-state index in [1.807, 2.05) is 34.6 Å². The minimum absolute atomic E-state index is 0.0355. The van der Waals surface area contributed by atoms with Crippen LogP contribution in [0.4, 0.5) is 0 Å². The average Bonchev–Trinajstić information content (AvgIpc) is 3.40. The molecule has 206 valence electrons. The highest BCUT2D eigenvalue weighted by Crippen LogP contribution is 2.66. The minimum atomic E-state index is -1.03. The van der Waals surface area contributed by atoms with Gasteiger partial charge < -0.3 is 18.9 Å². The van der Waals surface area contributed by atoms with Gasteiger partial charge in [0.2, 0.25) is 0 Å². The van der Waals surface area contributed by atoms with Gasteiger partial charge in [0.05, 0.1) is 11.7 Å². The van der Waals surface area contributed by atoms with E-state index in [1.54, 1.807) is 13.0 Å². The molecule has 0 bridgehead atoms. The summed E-state index contributed by atoms with van der Waals surface area (Å²) in [7, 11) is 0. The zero-order chi connectivity index (χ0) is 27.8. The second-order valence-electron chi connectivity index (χ2n) is 13.3. The Kier molecular flexibility index (Phi) is 6.64. The Morgan fingerprint density at radius 2 is 1.65 bits per heavy atom. The van der Waals surface area contributed by atoms with Crippen LogP contribution in [-0.2, 0) is 33.3 Å². The third kappa shape index (κ3) is 4.30. The second kappa shape index (κ2) is 8.77. The first kappa shape index (κ1) is 28.0. The maximum atomic E-state index is 13.9. The number of fused-ring (bicyclic) bond motifs is 3. The number of ketones is 1. The van der Waals surface area contributed by atoms with Crippen molar-refractivity contribution in [2.75, 3.05) is 0 Å². The van der Waals surface area contributed by atoms with Crippen LogP contribution in [0.1, 0.15) is 88.0 Å². The monoisotopic (exact) mass is 516 g/mol. The van der Waals surface area contributed by atoms with Gasteiger partial charge in [-0.25, -0.2) is 9.59 Å². The first-order valence-corrected chi connectivity index (χ1v) is 13.6. The lowest BCUT2D eigenvalue weighted by Gasteiger charge is -2.66. The molecule has 9 atom stereocenters. The highest BCUT2D eigenvalue weighted by molar-refractivity contribution is 5.89. The van der Waals surface area contributed by atoms with E-state index in [0.717, 1.165) is 12.0 Å². The zero-order valence-corrected chi connectivity index (χ0v) is 23.9. The molecule has 2 saturated carbocycles. The Morgan fingerprint density at radius 1 is 1.03 bits per heavy atom. The fraction of sp³-hybridized carbons (Fsp3) is 0.767. The summed E-state index contributed by atoms with van der Waals surface area (Å²) in [5, 5.41) is 0. The minimum Gasteiger partial charge on any atom is -0.459 e. The van der Waals surface area contributed by atoms with E-state index in [-0.39, 0.29) is 30.1 Å². The van der Waals surface area contributed by atoms with Gasteiger partial charge in [-0.05, 0) is 60.3 Å². The molecule has 2 aliphatic heterocycles. The van der Waals surface area contributed by atoms with Crippen molar-refractivity contribution in [3.05, 3.63) is 24.3 Å². The average molecular weight is 517 g/mol. The predicted octanol–water partition coefficient (Wildman–Crippen LogP) is 5.11. The topological polar surface area (TPSA) is 91.4 Å². The third-order valence-corrected chi connectivity index (χ3v) is 10.2. The summed E-state index contributed by atoms with van der Waals surface area (Å²) in [6.07, 6.45) is 3.99. The first-order valence-electron chi connectivity index (χ1n) is 13.6. The van der Waals surface area contributed by atoms with Crippen LogP contribution in [0.15, 0.2) is 24.3 Å². The lowest BCUT2D eigenvalue weighted by Crippen LogP contribution is -2.72. The van der Waals surface area contributed by atoms with Gasteiger partial charge in [-0.15, -0.1) is 6.58 Å². The molecule has 0 spiro atoms. The SMILES string of the molecule is C=C[C@]1(C)CC[C@H]2[C@@]3(C)[C@H](CC(=O)[C@]2(C)O1)C(C)(C)[C@@H](OC(=O)[C@@]1(C)O[C@@H]1C)C[C@H]3OC(=O)C=C(C)C. The lowest BCUT2D eigenvalue weighted by atomic mass is 9.42. The molecule has 7 heteroatoms. The fourth-order valence-corrected chi connectivity index (χ4v) is 7.53. The Hall–Kier alpha value is -1.99. The van der Waals surface area contributed by atoms with Crippen LogP contribution in [0.2, 0.25) is 0 Å². The molecule has 4 fully saturated rings. The number of carbonyl (C=O) groups is 3. The molecule has 2 aliphatic carbocycles. The Balaban J connectivity index is 1.76. The molecule has 0 aromatic carbocycles. The van der Waals surface area contributed by atoms with E-state index in [2.05, 4.69) is 27.4 Å². The molecular formula is C30H44O7. The molecule has 2 saturated heterocycles. The van der Waals surface area contributed by atoms with Crippen molar-refractivity contribution in [3.8, 4) is 0 Å². The van der Waals surface area contributed by atoms with Crippen molar-refractivity contribution >= 4 is 17.7 Å². The number of epoxide rings is 1. The van der Waals surface area contributed by atoms with Gasteiger partial charge in [0.1, 0.15) is 17.8 Å². The lowest BCUT2D eigenvalue weighted by molar-refractivity contribution is -0.274. The van der Waals surface area contributed by atoms with E-state index < -0.39 is 51.8 Å². The van der Waals surface area contributed by atoms with Crippen LogP contribution in [0.3, 0.4) is 0 Å². The zero-order valence-electron chi connectivity index (χ0n) is 23.9. The van der Waals surface area contributed by atoms with E-state index in [9.17, 15) is 14.4 Å². The summed E-state index contributed by atoms with van der Waals surface area (Å²) in [4.78, 5) is 39.9. The summed E-state index contributed by atoms with van der Waals surface area (Å²) in [6.45, 7) is 21.3. The van der Waals surface area contributed by atoms with Crippen molar-refractivity contribution in [1.82, 2.24) is 0 Å². The first-order chi connectivity index (χ1) is 16.9. The van der Waals surface area contributed by atoms with Gasteiger partial charge in [0.15, 0.2) is 11.4 Å². The van der Waals surface area contributed by atoms with E-state index in [4.69, 9.17) is 18.9 Å². The summed E-state index contributed by atoms with van der Waals surface area (Å²) in [6, 6.07) is 0. The number of Topliss-reactive ketones (excluding diaryl/α,β-unsaturated/α-hetero) is 1. The van der Waals surface area contributed by atoms with E-state index >= 15 is 0 Å². The predicted molar refractivity (Wildman–Crippen MR) is 139 cm³/mol. The third-order valence-electron chi connectivity index (χ3n) is 10.2. The molecule has 2 heterocycles. The van der Waals surface area contributed by atoms with Crippen molar-refractivity contribution in [2.45, 2.75) is 123 Å². The van der Waals surface area contributed by atoms with Crippen LogP contribution in [0.5, 0.6) is 0 Å². The number of rotatable bonds is 5. The number of esters is 2. The smallest absolute Gasteiger partial charge is 0.341 e. The molecule has 0 radical (unpaired) electrons. The van der Waals surface area contributed by atoms with Gasteiger partial charge in [-0.1, -0.05) is 32.4 Å². The van der Waals surface area contributed by atoms with Crippen molar-refractivity contribution in [2.24, 2.45) is 22.7 Å². The highest BCUT2D eigenvalue weighted by atomic mass is 16.7. The molecule has 0 unspecified atom stereocenters. The van der Waals surface area contributed by atoms with Gasteiger partial charge >= 0.3 is 11.9 Å². The fourth-order valence-electron chi connectivity index (χ4n) is 7.53. The normalized spacial score (nSPS) is 46.1. The highest BCUT2D eigenvalue weighted by Gasteiger charge is 2.71. The summed E-state index contributed by atoms with van der Waals surface area (Å²) >= 11 is 0. The quantitative estimate of drug-likeness (QED) is 0.217. The van der Waals surface area contributed by atoms with Crippen LogP contribution in [-0.4, -0.2) is 52.8 Å². The number of ether oxygens (including phenoxy) is 4. The largest absolute Gasteiger partial charge is 0.459 e. The van der Waals surface area contributed by atoms with Gasteiger partial charge in [-0.3, -0.25) is 4.79 Å². The molecule has 0 amide bonds. The maximum Gasteiger partial charge on any atom is 0.341 e. The Bertz CT molecular complexity index is 1040. The van der Waals surface area contributed by atoms with Crippen LogP contribution < -0.4 is 0 Å². The number of carbonyl (C=O) groups excluding carboxylic acids is 3. The molecule has 4 aliphatic rings. The number of hydrogen-bond acceptors (Lipinski definition) is 7. The maximum absolute atomic E-state index is 13.9. The molecular weight excluding hydrogens is 472 g/mol. The summed E-state index contributed by atoms with van der Waals surface area (Å²) in [5.41, 5.74) is -2.87. The van der Waals surface area contributed by atoms with E-state index in [1.165, 1.54) is 6.08 Å². The van der Waals surface area contributed by atoms with Gasteiger partial charge in [-0.2, -0.15) is 0 Å². The Morgan fingerprint density at radius 3 is 2.19 bits per heavy atom. The van der Waals surface area contributed by atoms with Crippen molar-refractivity contribution in [3.63, 3.8) is 0 Å². The summed E-state index contributed by atoms with van der Waals surface area (Å²) < 4.78 is 24.4. The number of hydrogen-bond donors (Lipinski definition) is 0. The molecule has 0 aromatic rings. The van der Waals surface area contributed by atoms with E-state index in [0.29, 0.717) is 12.8 Å². The van der Waals surface area contributed by atoms with Crippen molar-refractivity contribution < 1.29 is 33.3 Å². The second-order valence-corrected chi connectivity index (χ2v) is 13.3. The molecule has 4 rings (SSSR count).